The Bertz CT molecular complexity index is 280. The van der Waals surface area contributed by atoms with Gasteiger partial charge in [0.15, 0.2) is 0 Å². The van der Waals surface area contributed by atoms with Crippen molar-refractivity contribution in [1.29, 1.82) is 0 Å². The monoisotopic (exact) mass is 270 g/mol. The molecule has 2 saturated heterocycles. The molecule has 1 unspecified atom stereocenters. The Morgan fingerprint density at radius 3 is 2.74 bits per heavy atom. The molecular formula is C14H26N2O3. The van der Waals surface area contributed by atoms with E-state index in [1.54, 1.807) is 0 Å². The van der Waals surface area contributed by atoms with E-state index in [2.05, 4.69) is 9.80 Å². The Morgan fingerprint density at radius 2 is 2.00 bits per heavy atom. The zero-order chi connectivity index (χ0) is 13.5. The molecule has 0 saturated carbocycles. The molecular weight excluding hydrogens is 244 g/mol. The number of carbonyl (C=O) groups is 1. The molecule has 0 radical (unpaired) electrons. The van der Waals surface area contributed by atoms with E-state index in [9.17, 15) is 4.79 Å². The van der Waals surface area contributed by atoms with Gasteiger partial charge in [-0.25, -0.2) is 0 Å². The van der Waals surface area contributed by atoms with Gasteiger partial charge < -0.3 is 9.47 Å². The highest BCUT2D eigenvalue weighted by Crippen LogP contribution is 2.18. The van der Waals surface area contributed by atoms with Crippen molar-refractivity contribution < 1.29 is 14.3 Å². The number of ether oxygens (including phenoxy) is 2. The van der Waals surface area contributed by atoms with Gasteiger partial charge >= 0.3 is 5.97 Å². The van der Waals surface area contributed by atoms with Gasteiger partial charge in [0.2, 0.25) is 0 Å². The molecule has 0 aromatic rings. The summed E-state index contributed by atoms with van der Waals surface area (Å²) in [6, 6.07) is -0.0188. The molecule has 0 bridgehead atoms. The molecule has 2 rings (SSSR count). The number of likely N-dealkylation sites (tertiary alicyclic amines) is 1. The maximum atomic E-state index is 12.0. The number of rotatable bonds is 5. The van der Waals surface area contributed by atoms with Crippen LogP contribution in [-0.2, 0) is 14.3 Å². The third-order valence-electron chi connectivity index (χ3n) is 3.98. The molecule has 2 aliphatic heterocycles. The van der Waals surface area contributed by atoms with E-state index in [1.165, 1.54) is 6.42 Å². The number of nitrogens with zero attached hydrogens (tertiary/aromatic N) is 2. The van der Waals surface area contributed by atoms with E-state index >= 15 is 0 Å². The van der Waals surface area contributed by atoms with E-state index < -0.39 is 0 Å². The van der Waals surface area contributed by atoms with Crippen LogP contribution >= 0.6 is 0 Å². The largest absolute Gasteiger partial charge is 0.465 e. The minimum atomic E-state index is -0.0378. The molecule has 2 heterocycles. The Hall–Kier alpha value is -0.650. The van der Waals surface area contributed by atoms with Crippen molar-refractivity contribution in [2.45, 2.75) is 32.2 Å². The van der Waals surface area contributed by atoms with Crippen LogP contribution in [0.5, 0.6) is 0 Å². The van der Waals surface area contributed by atoms with Crippen molar-refractivity contribution in [1.82, 2.24) is 9.80 Å². The molecule has 5 nitrogen and oxygen atoms in total. The van der Waals surface area contributed by atoms with Gasteiger partial charge in [-0.1, -0.05) is 6.42 Å². The molecule has 0 aromatic carbocycles. The zero-order valence-corrected chi connectivity index (χ0v) is 12.0. The number of morpholine rings is 1. The predicted octanol–water partition coefficient (Wildman–Crippen LogP) is 0.736. The summed E-state index contributed by atoms with van der Waals surface area (Å²) in [7, 11) is 0. The third-order valence-corrected chi connectivity index (χ3v) is 3.98. The molecule has 0 aliphatic carbocycles. The smallest absolute Gasteiger partial charge is 0.323 e. The highest BCUT2D eigenvalue weighted by atomic mass is 16.5. The van der Waals surface area contributed by atoms with Gasteiger partial charge in [-0.3, -0.25) is 14.6 Å². The minimum absolute atomic E-state index is 0.0188. The van der Waals surface area contributed by atoms with E-state index in [4.69, 9.17) is 9.47 Å². The van der Waals surface area contributed by atoms with E-state index in [0.717, 1.165) is 58.8 Å². The summed E-state index contributed by atoms with van der Waals surface area (Å²) in [5.41, 5.74) is 0. The SMILES string of the molecule is CCOC(=O)C1CCCCN1CCN1CCOCC1. The fraction of sp³-hybridized carbons (Fsp3) is 0.929. The van der Waals surface area contributed by atoms with Crippen LogP contribution in [0.25, 0.3) is 0 Å². The first-order valence-corrected chi connectivity index (χ1v) is 7.52. The quantitative estimate of drug-likeness (QED) is 0.689. The van der Waals surface area contributed by atoms with Crippen LogP contribution in [0.2, 0.25) is 0 Å². The van der Waals surface area contributed by atoms with Gasteiger partial charge in [0.1, 0.15) is 6.04 Å². The zero-order valence-electron chi connectivity index (χ0n) is 12.0. The van der Waals surface area contributed by atoms with E-state index in [-0.39, 0.29) is 12.0 Å². The molecule has 0 amide bonds. The maximum absolute atomic E-state index is 12.0. The average molecular weight is 270 g/mol. The fourth-order valence-corrected chi connectivity index (χ4v) is 2.86. The number of esters is 1. The van der Waals surface area contributed by atoms with Crippen LogP contribution in [-0.4, -0.2) is 74.4 Å². The summed E-state index contributed by atoms with van der Waals surface area (Å²) in [6.45, 7) is 9.06. The number of carbonyl (C=O) groups excluding carboxylic acids is 1. The van der Waals surface area contributed by atoms with Crippen molar-refractivity contribution in [2.75, 3.05) is 52.5 Å². The second-order valence-corrected chi connectivity index (χ2v) is 5.25. The first-order chi connectivity index (χ1) is 9.31. The minimum Gasteiger partial charge on any atom is -0.465 e. The molecule has 110 valence electrons. The normalized spacial score (nSPS) is 26.3. The summed E-state index contributed by atoms with van der Waals surface area (Å²) in [4.78, 5) is 16.7. The second kappa shape index (κ2) is 7.82. The Balaban J connectivity index is 1.79. The number of hydrogen-bond donors (Lipinski definition) is 0. The highest BCUT2D eigenvalue weighted by molar-refractivity contribution is 5.75. The maximum Gasteiger partial charge on any atom is 0.323 e. The van der Waals surface area contributed by atoms with Gasteiger partial charge in [-0.05, 0) is 26.3 Å². The second-order valence-electron chi connectivity index (χ2n) is 5.25. The van der Waals surface area contributed by atoms with Gasteiger partial charge in [0.25, 0.3) is 0 Å². The highest BCUT2D eigenvalue weighted by Gasteiger charge is 2.29. The lowest BCUT2D eigenvalue weighted by Gasteiger charge is -2.36. The molecule has 2 aliphatic rings. The molecule has 1 atom stereocenters. The Labute approximate surface area is 115 Å². The van der Waals surface area contributed by atoms with Crippen LogP contribution in [0.4, 0.5) is 0 Å². The van der Waals surface area contributed by atoms with Gasteiger partial charge in [-0.15, -0.1) is 0 Å². The summed E-state index contributed by atoms with van der Waals surface area (Å²) in [5, 5.41) is 0. The van der Waals surface area contributed by atoms with Crippen molar-refractivity contribution in [3.8, 4) is 0 Å². The summed E-state index contributed by atoms with van der Waals surface area (Å²) < 4.78 is 10.5. The van der Waals surface area contributed by atoms with Crippen molar-refractivity contribution >= 4 is 5.97 Å². The predicted molar refractivity (Wildman–Crippen MR) is 73.1 cm³/mol. The lowest BCUT2D eigenvalue weighted by Crippen LogP contribution is -2.49. The summed E-state index contributed by atoms with van der Waals surface area (Å²) in [5.74, 6) is -0.0378. The topological polar surface area (TPSA) is 42.0 Å². The molecule has 2 fully saturated rings. The summed E-state index contributed by atoms with van der Waals surface area (Å²) in [6.07, 6.45) is 3.28. The van der Waals surface area contributed by atoms with E-state index in [1.807, 2.05) is 6.92 Å². The molecule has 0 spiro atoms. The molecule has 5 heteroatoms. The molecule has 0 N–H and O–H groups in total. The standard InChI is InChI=1S/C14H26N2O3/c1-2-19-14(17)13-5-3-4-6-16(13)8-7-15-9-11-18-12-10-15/h13H,2-12H2,1H3. The van der Waals surface area contributed by atoms with Gasteiger partial charge in [-0.2, -0.15) is 0 Å². The average Bonchev–Trinajstić information content (AvgIpc) is 2.47. The van der Waals surface area contributed by atoms with Gasteiger partial charge in [0.05, 0.1) is 19.8 Å². The molecule has 19 heavy (non-hydrogen) atoms. The number of hydrogen-bond acceptors (Lipinski definition) is 5. The third kappa shape index (κ3) is 4.44. The van der Waals surface area contributed by atoms with Crippen LogP contribution < -0.4 is 0 Å². The van der Waals surface area contributed by atoms with E-state index in [0.29, 0.717) is 6.61 Å². The van der Waals surface area contributed by atoms with Gasteiger partial charge in [0, 0.05) is 26.2 Å². The first-order valence-electron chi connectivity index (χ1n) is 7.52. The van der Waals surface area contributed by atoms with Crippen molar-refractivity contribution in [3.63, 3.8) is 0 Å². The Morgan fingerprint density at radius 1 is 1.21 bits per heavy atom. The summed E-state index contributed by atoms with van der Waals surface area (Å²) >= 11 is 0. The van der Waals surface area contributed by atoms with Crippen molar-refractivity contribution in [2.24, 2.45) is 0 Å². The van der Waals surface area contributed by atoms with Crippen LogP contribution in [0.3, 0.4) is 0 Å². The number of piperidine rings is 1. The first kappa shape index (κ1) is 14.8. The Kier molecular flexibility index (Phi) is 6.07. The van der Waals surface area contributed by atoms with Crippen LogP contribution in [0.1, 0.15) is 26.2 Å². The van der Waals surface area contributed by atoms with Crippen LogP contribution in [0.15, 0.2) is 0 Å². The van der Waals surface area contributed by atoms with Crippen LogP contribution in [0, 0.1) is 0 Å². The lowest BCUT2D eigenvalue weighted by atomic mass is 10.0. The van der Waals surface area contributed by atoms with Crippen molar-refractivity contribution in [3.05, 3.63) is 0 Å². The lowest BCUT2D eigenvalue weighted by molar-refractivity contribution is -0.151. The fourth-order valence-electron chi connectivity index (χ4n) is 2.86. The molecule has 0 aromatic heterocycles.